The molecule has 0 bridgehead atoms. The molecule has 92 valence electrons. The minimum atomic E-state index is -0.396. The summed E-state index contributed by atoms with van der Waals surface area (Å²) >= 11 is 0. The number of nitrogens with one attached hydrogen (secondary N) is 1. The highest BCUT2D eigenvalue weighted by Crippen LogP contribution is 2.42. The lowest BCUT2D eigenvalue weighted by molar-refractivity contribution is -0.213. The van der Waals surface area contributed by atoms with Gasteiger partial charge >= 0.3 is 0 Å². The van der Waals surface area contributed by atoms with Gasteiger partial charge in [0, 0.05) is 18.8 Å². The molecular formula is C11H20N2O3. The van der Waals surface area contributed by atoms with Crippen molar-refractivity contribution >= 4 is 5.91 Å². The summed E-state index contributed by atoms with van der Waals surface area (Å²) in [7, 11) is 0. The van der Waals surface area contributed by atoms with E-state index >= 15 is 0 Å². The Bertz CT molecular complexity index is 252. The zero-order valence-corrected chi connectivity index (χ0v) is 9.54. The third-order valence-electron chi connectivity index (χ3n) is 3.61. The number of hydrogen-bond donors (Lipinski definition) is 2. The number of rotatable bonds is 3. The van der Waals surface area contributed by atoms with Crippen molar-refractivity contribution in [1.82, 2.24) is 5.43 Å². The Balaban J connectivity index is 1.92. The van der Waals surface area contributed by atoms with Crippen molar-refractivity contribution in [1.29, 1.82) is 0 Å². The van der Waals surface area contributed by atoms with Crippen LogP contribution in [0.1, 0.15) is 38.5 Å². The molecule has 0 unspecified atom stereocenters. The molecule has 1 aliphatic carbocycles. The van der Waals surface area contributed by atoms with Crippen LogP contribution in [0.5, 0.6) is 0 Å². The molecule has 2 aliphatic rings. The summed E-state index contributed by atoms with van der Waals surface area (Å²) in [4.78, 5) is 11.1. The highest BCUT2D eigenvalue weighted by molar-refractivity contribution is 5.75. The molecule has 0 aromatic heterocycles. The van der Waals surface area contributed by atoms with Gasteiger partial charge in [0.15, 0.2) is 5.79 Å². The van der Waals surface area contributed by atoms with Crippen LogP contribution in [0.3, 0.4) is 0 Å². The lowest BCUT2D eigenvalue weighted by Gasteiger charge is -2.39. The fourth-order valence-corrected chi connectivity index (χ4v) is 2.78. The summed E-state index contributed by atoms with van der Waals surface area (Å²) in [6.45, 7) is 1.36. The van der Waals surface area contributed by atoms with Gasteiger partial charge in [0.1, 0.15) is 0 Å². The number of ether oxygens (including phenoxy) is 2. The van der Waals surface area contributed by atoms with Gasteiger partial charge in [-0.25, -0.2) is 5.84 Å². The van der Waals surface area contributed by atoms with Crippen molar-refractivity contribution in [2.45, 2.75) is 44.3 Å². The summed E-state index contributed by atoms with van der Waals surface area (Å²) in [5.74, 6) is 4.90. The predicted octanol–water partition coefficient (Wildman–Crippen LogP) is 0.690. The highest BCUT2D eigenvalue weighted by Gasteiger charge is 2.45. The molecule has 2 fully saturated rings. The van der Waals surface area contributed by atoms with Crippen molar-refractivity contribution in [3.8, 4) is 0 Å². The maximum Gasteiger partial charge on any atom is 0.233 e. The first kappa shape index (κ1) is 11.8. The topological polar surface area (TPSA) is 73.6 Å². The Morgan fingerprint density at radius 1 is 1.38 bits per heavy atom. The second kappa shape index (κ2) is 5.12. The summed E-state index contributed by atoms with van der Waals surface area (Å²) in [5.41, 5.74) is 2.16. The number of carbonyl (C=O) groups is 1. The molecule has 1 heterocycles. The number of amides is 1. The van der Waals surface area contributed by atoms with Crippen molar-refractivity contribution in [2.24, 2.45) is 11.8 Å². The standard InChI is InChI=1S/C11H20N2O3/c12-13-10(14)5-4-9-3-1-2-6-11(9)15-7-8-16-11/h9H,1-8,12H2,(H,13,14)/t9-/m0/s1. The van der Waals surface area contributed by atoms with Crippen LogP contribution >= 0.6 is 0 Å². The van der Waals surface area contributed by atoms with Crippen molar-refractivity contribution in [3.05, 3.63) is 0 Å². The Kier molecular flexibility index (Phi) is 3.78. The maximum atomic E-state index is 11.1. The molecule has 1 saturated carbocycles. The number of hydrogen-bond acceptors (Lipinski definition) is 4. The van der Waals surface area contributed by atoms with Crippen LogP contribution in [0.2, 0.25) is 0 Å². The Labute approximate surface area is 95.6 Å². The van der Waals surface area contributed by atoms with E-state index in [1.165, 1.54) is 6.42 Å². The smallest absolute Gasteiger partial charge is 0.233 e. The zero-order chi connectivity index (χ0) is 11.4. The fraction of sp³-hybridized carbons (Fsp3) is 0.909. The second-order valence-corrected chi connectivity index (χ2v) is 4.56. The monoisotopic (exact) mass is 228 g/mol. The first-order valence-corrected chi connectivity index (χ1v) is 6.04. The molecule has 5 nitrogen and oxygen atoms in total. The van der Waals surface area contributed by atoms with Gasteiger partial charge in [0.05, 0.1) is 13.2 Å². The third kappa shape index (κ3) is 2.36. The van der Waals surface area contributed by atoms with Gasteiger partial charge in [-0.05, 0) is 19.3 Å². The predicted molar refractivity (Wildman–Crippen MR) is 58.2 cm³/mol. The van der Waals surface area contributed by atoms with Gasteiger partial charge in [-0.2, -0.15) is 0 Å². The van der Waals surface area contributed by atoms with E-state index < -0.39 is 5.79 Å². The largest absolute Gasteiger partial charge is 0.347 e. The normalized spacial score (nSPS) is 28.2. The van der Waals surface area contributed by atoms with Gasteiger partial charge in [0.2, 0.25) is 5.91 Å². The molecule has 3 N–H and O–H groups in total. The van der Waals surface area contributed by atoms with E-state index in [4.69, 9.17) is 15.3 Å². The molecule has 0 aromatic rings. The van der Waals surface area contributed by atoms with Gasteiger partial charge in [-0.15, -0.1) is 0 Å². The fourth-order valence-electron chi connectivity index (χ4n) is 2.78. The first-order chi connectivity index (χ1) is 7.77. The molecule has 1 saturated heterocycles. The van der Waals surface area contributed by atoms with E-state index in [1.54, 1.807) is 0 Å². The Hall–Kier alpha value is -0.650. The van der Waals surface area contributed by atoms with Crippen LogP contribution < -0.4 is 11.3 Å². The lowest BCUT2D eigenvalue weighted by Crippen LogP contribution is -2.42. The SMILES string of the molecule is NNC(=O)CC[C@@H]1CCCCC12OCCO2. The third-order valence-corrected chi connectivity index (χ3v) is 3.61. The van der Waals surface area contributed by atoms with E-state index in [0.717, 1.165) is 25.7 Å². The average molecular weight is 228 g/mol. The molecule has 0 aromatic carbocycles. The van der Waals surface area contributed by atoms with Gasteiger partial charge < -0.3 is 9.47 Å². The number of carbonyl (C=O) groups excluding carboxylic acids is 1. The first-order valence-electron chi connectivity index (χ1n) is 6.04. The number of hydrazine groups is 1. The van der Waals surface area contributed by atoms with E-state index in [9.17, 15) is 4.79 Å². The minimum Gasteiger partial charge on any atom is -0.347 e. The van der Waals surface area contributed by atoms with Crippen LogP contribution in [-0.2, 0) is 14.3 Å². The maximum absolute atomic E-state index is 11.1. The minimum absolute atomic E-state index is 0.112. The molecular weight excluding hydrogens is 208 g/mol. The van der Waals surface area contributed by atoms with Crippen LogP contribution in [0.15, 0.2) is 0 Å². The summed E-state index contributed by atoms with van der Waals surface area (Å²) in [6.07, 6.45) is 5.64. The average Bonchev–Trinajstić information content (AvgIpc) is 2.77. The molecule has 16 heavy (non-hydrogen) atoms. The molecule has 5 heteroatoms. The van der Waals surface area contributed by atoms with Crippen LogP contribution in [0, 0.1) is 5.92 Å². The zero-order valence-electron chi connectivity index (χ0n) is 9.54. The summed E-state index contributed by atoms with van der Waals surface area (Å²) in [6, 6.07) is 0. The van der Waals surface area contributed by atoms with Crippen molar-refractivity contribution in [2.75, 3.05) is 13.2 Å². The quantitative estimate of drug-likeness (QED) is 0.423. The van der Waals surface area contributed by atoms with E-state index in [0.29, 0.717) is 25.6 Å². The van der Waals surface area contributed by atoms with E-state index in [2.05, 4.69) is 5.43 Å². The molecule has 1 amide bonds. The Morgan fingerprint density at radius 3 is 2.81 bits per heavy atom. The van der Waals surface area contributed by atoms with Crippen LogP contribution in [-0.4, -0.2) is 24.9 Å². The molecule has 1 atom stereocenters. The summed E-state index contributed by atoms with van der Waals surface area (Å²) in [5, 5.41) is 0. The Morgan fingerprint density at radius 2 is 2.12 bits per heavy atom. The number of nitrogens with two attached hydrogens (primary N) is 1. The molecule has 0 radical (unpaired) electrons. The van der Waals surface area contributed by atoms with Crippen LogP contribution in [0.25, 0.3) is 0 Å². The van der Waals surface area contributed by atoms with Crippen molar-refractivity contribution < 1.29 is 14.3 Å². The van der Waals surface area contributed by atoms with Gasteiger partial charge in [0.25, 0.3) is 0 Å². The second-order valence-electron chi connectivity index (χ2n) is 4.56. The van der Waals surface area contributed by atoms with Crippen molar-refractivity contribution in [3.63, 3.8) is 0 Å². The van der Waals surface area contributed by atoms with E-state index in [-0.39, 0.29) is 5.91 Å². The molecule has 1 spiro atoms. The molecule has 2 rings (SSSR count). The van der Waals surface area contributed by atoms with Gasteiger partial charge in [-0.3, -0.25) is 10.2 Å². The highest BCUT2D eigenvalue weighted by atomic mass is 16.7. The summed E-state index contributed by atoms with van der Waals surface area (Å²) < 4.78 is 11.5. The van der Waals surface area contributed by atoms with Crippen LogP contribution in [0.4, 0.5) is 0 Å². The van der Waals surface area contributed by atoms with E-state index in [1.807, 2.05) is 0 Å². The lowest BCUT2D eigenvalue weighted by atomic mass is 9.80. The van der Waals surface area contributed by atoms with Gasteiger partial charge in [-0.1, -0.05) is 6.42 Å². The molecule has 1 aliphatic heterocycles.